The highest BCUT2D eigenvalue weighted by molar-refractivity contribution is 4.90. The van der Waals surface area contributed by atoms with Crippen LogP contribution in [0.15, 0.2) is 0 Å². The normalized spacial score (nSPS) is 33.0. The van der Waals surface area contributed by atoms with Crippen molar-refractivity contribution in [1.82, 2.24) is 4.90 Å². The monoisotopic (exact) mass is 156 g/mol. The Labute approximate surface area is 67.5 Å². The summed E-state index contributed by atoms with van der Waals surface area (Å²) in [6.07, 6.45) is 2.50. The zero-order valence-electron chi connectivity index (χ0n) is 6.83. The van der Waals surface area contributed by atoms with E-state index in [1.165, 1.54) is 13.0 Å². The van der Waals surface area contributed by atoms with E-state index in [0.717, 1.165) is 38.3 Å². The lowest BCUT2D eigenvalue weighted by atomic mass is 9.96. The third-order valence-corrected chi connectivity index (χ3v) is 2.78. The summed E-state index contributed by atoms with van der Waals surface area (Å²) < 4.78 is 5.15. The third-order valence-electron chi connectivity index (χ3n) is 2.78. The Bertz CT molecular complexity index is 136. The molecule has 64 valence electrons. The molecule has 0 aromatic carbocycles. The number of ether oxygens (including phenoxy) is 1. The van der Waals surface area contributed by atoms with Gasteiger partial charge in [0, 0.05) is 12.6 Å². The predicted molar refractivity (Wildman–Crippen MR) is 43.4 cm³/mol. The fourth-order valence-corrected chi connectivity index (χ4v) is 1.86. The summed E-state index contributed by atoms with van der Waals surface area (Å²) in [5.74, 6) is 0. The van der Waals surface area contributed by atoms with Crippen molar-refractivity contribution in [2.75, 3.05) is 26.3 Å². The van der Waals surface area contributed by atoms with Crippen LogP contribution in [-0.2, 0) is 4.74 Å². The fourth-order valence-electron chi connectivity index (χ4n) is 1.86. The van der Waals surface area contributed by atoms with Crippen molar-refractivity contribution < 1.29 is 4.74 Å². The standard InChI is InChI=1S/C8H16N2O/c9-3-1-7-2-4-10(7)8-5-11-6-8/h7-8H,1-6,9H2. The van der Waals surface area contributed by atoms with Gasteiger partial charge >= 0.3 is 0 Å². The molecule has 2 aliphatic heterocycles. The van der Waals surface area contributed by atoms with E-state index in [0.29, 0.717) is 0 Å². The highest BCUT2D eigenvalue weighted by Gasteiger charge is 2.36. The highest BCUT2D eigenvalue weighted by atomic mass is 16.5. The Balaban J connectivity index is 1.76. The van der Waals surface area contributed by atoms with E-state index in [1.807, 2.05) is 0 Å². The van der Waals surface area contributed by atoms with Crippen LogP contribution in [0.3, 0.4) is 0 Å². The first-order valence-electron chi connectivity index (χ1n) is 4.45. The van der Waals surface area contributed by atoms with Gasteiger partial charge in [0.1, 0.15) is 0 Å². The molecular weight excluding hydrogens is 140 g/mol. The Morgan fingerprint density at radius 3 is 2.64 bits per heavy atom. The van der Waals surface area contributed by atoms with Gasteiger partial charge in [-0.3, -0.25) is 4.90 Å². The molecule has 2 heterocycles. The van der Waals surface area contributed by atoms with Crippen LogP contribution >= 0.6 is 0 Å². The minimum Gasteiger partial charge on any atom is -0.378 e. The first-order valence-corrected chi connectivity index (χ1v) is 4.45. The third kappa shape index (κ3) is 1.28. The zero-order valence-corrected chi connectivity index (χ0v) is 6.83. The van der Waals surface area contributed by atoms with Gasteiger partial charge in [-0.1, -0.05) is 0 Å². The molecule has 2 rings (SSSR count). The quantitative estimate of drug-likeness (QED) is 0.615. The van der Waals surface area contributed by atoms with Crippen LogP contribution in [0, 0.1) is 0 Å². The molecule has 11 heavy (non-hydrogen) atoms. The molecule has 1 unspecified atom stereocenters. The summed E-state index contributed by atoms with van der Waals surface area (Å²) in [6.45, 7) is 3.98. The summed E-state index contributed by atoms with van der Waals surface area (Å²) in [5, 5.41) is 0. The molecule has 2 N–H and O–H groups in total. The first-order chi connectivity index (χ1) is 5.42. The molecule has 0 saturated carbocycles. The maximum atomic E-state index is 5.50. The number of hydrogen-bond donors (Lipinski definition) is 1. The largest absolute Gasteiger partial charge is 0.378 e. The first kappa shape index (κ1) is 7.53. The fraction of sp³-hybridized carbons (Fsp3) is 1.00. The number of nitrogens with two attached hydrogens (primary N) is 1. The molecular formula is C8H16N2O. The van der Waals surface area contributed by atoms with Crippen molar-refractivity contribution in [2.24, 2.45) is 5.73 Å². The van der Waals surface area contributed by atoms with Crippen molar-refractivity contribution >= 4 is 0 Å². The van der Waals surface area contributed by atoms with Crippen LogP contribution in [0.2, 0.25) is 0 Å². The Morgan fingerprint density at radius 1 is 1.45 bits per heavy atom. The molecule has 0 radical (unpaired) electrons. The molecule has 1 atom stereocenters. The molecule has 0 aromatic rings. The molecule has 2 saturated heterocycles. The number of likely N-dealkylation sites (tertiary alicyclic amines) is 1. The van der Waals surface area contributed by atoms with Crippen LogP contribution in [-0.4, -0.2) is 43.3 Å². The summed E-state index contributed by atoms with van der Waals surface area (Å²) in [4.78, 5) is 2.54. The lowest BCUT2D eigenvalue weighted by Gasteiger charge is -2.49. The van der Waals surface area contributed by atoms with E-state index in [9.17, 15) is 0 Å². The SMILES string of the molecule is NCCC1CCN1C1COC1. The van der Waals surface area contributed by atoms with Crippen molar-refractivity contribution in [1.29, 1.82) is 0 Å². The van der Waals surface area contributed by atoms with E-state index in [2.05, 4.69) is 4.90 Å². The van der Waals surface area contributed by atoms with Crippen LogP contribution in [0.25, 0.3) is 0 Å². The zero-order chi connectivity index (χ0) is 7.68. The van der Waals surface area contributed by atoms with E-state index in [4.69, 9.17) is 10.5 Å². The van der Waals surface area contributed by atoms with Gasteiger partial charge in [0.15, 0.2) is 0 Å². The van der Waals surface area contributed by atoms with Crippen LogP contribution in [0.4, 0.5) is 0 Å². The molecule has 0 aromatic heterocycles. The molecule has 2 aliphatic rings. The Morgan fingerprint density at radius 2 is 2.27 bits per heavy atom. The van der Waals surface area contributed by atoms with Gasteiger partial charge in [-0.2, -0.15) is 0 Å². The van der Waals surface area contributed by atoms with Gasteiger partial charge in [0.05, 0.1) is 19.3 Å². The summed E-state index contributed by atoms with van der Waals surface area (Å²) >= 11 is 0. The second-order valence-electron chi connectivity index (χ2n) is 3.45. The van der Waals surface area contributed by atoms with Gasteiger partial charge in [0.25, 0.3) is 0 Å². The lowest BCUT2D eigenvalue weighted by Crippen LogP contribution is -2.60. The van der Waals surface area contributed by atoms with Gasteiger partial charge in [0.2, 0.25) is 0 Å². The molecule has 3 nitrogen and oxygen atoms in total. The minimum absolute atomic E-state index is 0.722. The summed E-state index contributed by atoms with van der Waals surface area (Å²) in [6, 6.07) is 1.49. The Hall–Kier alpha value is -0.120. The van der Waals surface area contributed by atoms with E-state index >= 15 is 0 Å². The maximum absolute atomic E-state index is 5.50. The van der Waals surface area contributed by atoms with Gasteiger partial charge in [-0.15, -0.1) is 0 Å². The minimum atomic E-state index is 0.722. The highest BCUT2D eigenvalue weighted by Crippen LogP contribution is 2.25. The van der Waals surface area contributed by atoms with Gasteiger partial charge < -0.3 is 10.5 Å². The smallest absolute Gasteiger partial charge is 0.0645 e. The summed E-state index contributed by atoms with van der Waals surface area (Å²) in [7, 11) is 0. The topological polar surface area (TPSA) is 38.5 Å². The molecule has 0 amide bonds. The Kier molecular flexibility index (Phi) is 2.11. The molecule has 2 fully saturated rings. The lowest BCUT2D eigenvalue weighted by molar-refractivity contribution is -0.109. The molecule has 0 bridgehead atoms. The number of rotatable bonds is 3. The van der Waals surface area contributed by atoms with E-state index in [-0.39, 0.29) is 0 Å². The van der Waals surface area contributed by atoms with Crippen LogP contribution < -0.4 is 5.73 Å². The van der Waals surface area contributed by atoms with Crippen molar-refractivity contribution in [3.63, 3.8) is 0 Å². The average Bonchev–Trinajstić information content (AvgIpc) is 1.89. The number of nitrogens with zero attached hydrogens (tertiary/aromatic N) is 1. The summed E-state index contributed by atoms with van der Waals surface area (Å²) in [5.41, 5.74) is 5.50. The van der Waals surface area contributed by atoms with E-state index in [1.54, 1.807) is 0 Å². The van der Waals surface area contributed by atoms with E-state index < -0.39 is 0 Å². The maximum Gasteiger partial charge on any atom is 0.0645 e. The van der Waals surface area contributed by atoms with Crippen molar-refractivity contribution in [2.45, 2.75) is 24.9 Å². The second kappa shape index (κ2) is 3.09. The molecule has 0 spiro atoms. The van der Waals surface area contributed by atoms with Crippen LogP contribution in [0.5, 0.6) is 0 Å². The van der Waals surface area contributed by atoms with Crippen molar-refractivity contribution in [3.8, 4) is 0 Å². The van der Waals surface area contributed by atoms with Gasteiger partial charge in [-0.05, 0) is 19.4 Å². The molecule has 0 aliphatic carbocycles. The average molecular weight is 156 g/mol. The predicted octanol–water partition coefficient (Wildman–Crippen LogP) is -0.192. The second-order valence-corrected chi connectivity index (χ2v) is 3.45. The molecule has 3 heteroatoms. The van der Waals surface area contributed by atoms with Gasteiger partial charge in [-0.25, -0.2) is 0 Å². The van der Waals surface area contributed by atoms with Crippen molar-refractivity contribution in [3.05, 3.63) is 0 Å². The number of hydrogen-bond acceptors (Lipinski definition) is 3. The van der Waals surface area contributed by atoms with Crippen LogP contribution in [0.1, 0.15) is 12.8 Å².